The summed E-state index contributed by atoms with van der Waals surface area (Å²) in [5.41, 5.74) is 2.39. The summed E-state index contributed by atoms with van der Waals surface area (Å²) in [6, 6.07) is 15.8. The number of methoxy groups -OCH3 is 3. The Bertz CT molecular complexity index is 703. The SMILES string of the molecule is COC(=O)C1CCN(Cc2ccc(OC)cc2)CC1.COc1ccc(CCl)cc1. The molecule has 0 spiro atoms. The summed E-state index contributed by atoms with van der Waals surface area (Å²) < 4.78 is 14.9. The molecule has 2 aromatic carbocycles. The van der Waals surface area contributed by atoms with Crippen LogP contribution in [0.15, 0.2) is 48.5 Å². The number of piperidine rings is 1. The van der Waals surface area contributed by atoms with Crippen LogP contribution in [0.4, 0.5) is 0 Å². The van der Waals surface area contributed by atoms with Gasteiger partial charge in [0, 0.05) is 12.4 Å². The van der Waals surface area contributed by atoms with E-state index < -0.39 is 0 Å². The number of hydrogen-bond acceptors (Lipinski definition) is 5. The van der Waals surface area contributed by atoms with Crippen LogP contribution in [0.1, 0.15) is 24.0 Å². The molecular weight excluding hydrogens is 390 g/mol. The zero-order chi connectivity index (χ0) is 21.1. The van der Waals surface area contributed by atoms with Gasteiger partial charge in [0.2, 0.25) is 0 Å². The minimum Gasteiger partial charge on any atom is -0.497 e. The van der Waals surface area contributed by atoms with Gasteiger partial charge in [-0.25, -0.2) is 0 Å². The Morgan fingerprint density at radius 3 is 1.79 bits per heavy atom. The van der Waals surface area contributed by atoms with Gasteiger partial charge >= 0.3 is 5.97 Å². The fourth-order valence-electron chi connectivity index (χ4n) is 3.20. The molecule has 1 aliphatic rings. The monoisotopic (exact) mass is 419 g/mol. The Kier molecular flexibility index (Phi) is 9.81. The number of hydrogen-bond donors (Lipinski definition) is 0. The van der Waals surface area contributed by atoms with Crippen LogP contribution in [-0.4, -0.2) is 45.3 Å². The third-order valence-electron chi connectivity index (χ3n) is 5.00. The molecule has 1 fully saturated rings. The highest BCUT2D eigenvalue weighted by atomic mass is 35.5. The third kappa shape index (κ3) is 7.59. The summed E-state index contributed by atoms with van der Waals surface area (Å²) in [6.07, 6.45) is 1.78. The van der Waals surface area contributed by atoms with Gasteiger partial charge in [-0.3, -0.25) is 9.69 Å². The van der Waals surface area contributed by atoms with Crippen molar-refractivity contribution in [3.8, 4) is 11.5 Å². The number of rotatable bonds is 6. The molecule has 2 aromatic rings. The second-order valence-corrected chi connectivity index (χ2v) is 7.17. The molecule has 0 radical (unpaired) electrons. The van der Waals surface area contributed by atoms with Crippen molar-refractivity contribution in [3.63, 3.8) is 0 Å². The second kappa shape index (κ2) is 12.3. The van der Waals surface area contributed by atoms with E-state index in [4.69, 9.17) is 25.8 Å². The summed E-state index contributed by atoms with van der Waals surface area (Å²) in [5, 5.41) is 0. The van der Waals surface area contributed by atoms with Gasteiger partial charge < -0.3 is 14.2 Å². The fraction of sp³-hybridized carbons (Fsp3) is 0.435. The maximum atomic E-state index is 11.4. The van der Waals surface area contributed by atoms with E-state index in [2.05, 4.69) is 17.0 Å². The molecule has 29 heavy (non-hydrogen) atoms. The molecule has 0 N–H and O–H groups in total. The predicted octanol–water partition coefficient (Wildman–Crippen LogP) is 4.51. The molecule has 1 aliphatic heterocycles. The van der Waals surface area contributed by atoms with E-state index in [1.165, 1.54) is 12.7 Å². The molecule has 0 unspecified atom stereocenters. The average molecular weight is 420 g/mol. The topological polar surface area (TPSA) is 48.0 Å². The fourth-order valence-corrected chi connectivity index (χ4v) is 3.38. The summed E-state index contributed by atoms with van der Waals surface area (Å²) in [5.74, 6) is 2.33. The van der Waals surface area contributed by atoms with Crippen LogP contribution in [0.2, 0.25) is 0 Å². The Morgan fingerprint density at radius 2 is 1.38 bits per heavy atom. The maximum Gasteiger partial charge on any atom is 0.308 e. The first-order valence-corrected chi connectivity index (χ1v) is 10.2. The molecule has 0 saturated carbocycles. The Hall–Kier alpha value is -2.24. The second-order valence-electron chi connectivity index (χ2n) is 6.90. The molecule has 6 heteroatoms. The molecule has 0 aliphatic carbocycles. The molecule has 158 valence electrons. The normalized spacial score (nSPS) is 14.5. The lowest BCUT2D eigenvalue weighted by atomic mass is 9.96. The zero-order valence-corrected chi connectivity index (χ0v) is 18.2. The van der Waals surface area contributed by atoms with E-state index in [1.807, 2.05) is 36.4 Å². The van der Waals surface area contributed by atoms with Crippen molar-refractivity contribution in [2.24, 2.45) is 5.92 Å². The number of alkyl halides is 1. The molecule has 0 atom stereocenters. The van der Waals surface area contributed by atoms with Gasteiger partial charge in [0.05, 0.1) is 27.2 Å². The quantitative estimate of drug-likeness (QED) is 0.509. The van der Waals surface area contributed by atoms with Crippen molar-refractivity contribution in [1.82, 2.24) is 4.90 Å². The number of benzene rings is 2. The van der Waals surface area contributed by atoms with E-state index in [1.54, 1.807) is 14.2 Å². The van der Waals surface area contributed by atoms with Crippen LogP contribution >= 0.6 is 11.6 Å². The minimum absolute atomic E-state index is 0.0657. The zero-order valence-electron chi connectivity index (χ0n) is 17.4. The molecule has 5 nitrogen and oxygen atoms in total. The van der Waals surface area contributed by atoms with Crippen LogP contribution in [0.25, 0.3) is 0 Å². The van der Waals surface area contributed by atoms with Crippen molar-refractivity contribution >= 4 is 17.6 Å². The van der Waals surface area contributed by atoms with Crippen molar-refractivity contribution in [2.45, 2.75) is 25.3 Å². The summed E-state index contributed by atoms with van der Waals surface area (Å²) in [6.45, 7) is 2.83. The lowest BCUT2D eigenvalue weighted by molar-refractivity contribution is -0.147. The summed E-state index contributed by atoms with van der Waals surface area (Å²) >= 11 is 5.58. The molecular formula is C23H30ClNO4. The Balaban J connectivity index is 0.000000253. The van der Waals surface area contributed by atoms with Gasteiger partial charge in [-0.2, -0.15) is 0 Å². The predicted molar refractivity (Wildman–Crippen MR) is 116 cm³/mol. The molecule has 0 amide bonds. The third-order valence-corrected chi connectivity index (χ3v) is 5.31. The smallest absolute Gasteiger partial charge is 0.308 e. The van der Waals surface area contributed by atoms with Gasteiger partial charge in [-0.1, -0.05) is 24.3 Å². The van der Waals surface area contributed by atoms with E-state index in [0.29, 0.717) is 5.88 Å². The highest BCUT2D eigenvalue weighted by Crippen LogP contribution is 2.21. The van der Waals surface area contributed by atoms with Crippen LogP contribution < -0.4 is 9.47 Å². The van der Waals surface area contributed by atoms with Crippen LogP contribution in [0.5, 0.6) is 11.5 Å². The number of halogens is 1. The lowest BCUT2D eigenvalue weighted by Gasteiger charge is -2.30. The maximum absolute atomic E-state index is 11.4. The number of carbonyl (C=O) groups is 1. The first kappa shape index (κ1) is 23.0. The summed E-state index contributed by atoms with van der Waals surface area (Å²) in [4.78, 5) is 13.8. The standard InChI is InChI=1S/C15H21NO3.C8H9ClO/c1-18-14-5-3-12(4-6-14)11-16-9-7-13(8-10-16)15(17)19-2;1-10-8-4-2-7(6-9)3-5-8/h3-6,13H,7-11H2,1-2H3;2-5H,6H2,1H3. The molecule has 0 bridgehead atoms. The number of nitrogens with zero attached hydrogens (tertiary/aromatic N) is 1. The first-order valence-electron chi connectivity index (χ1n) is 9.71. The summed E-state index contributed by atoms with van der Waals surface area (Å²) in [7, 11) is 4.79. The molecule has 3 rings (SSSR count). The largest absolute Gasteiger partial charge is 0.497 e. The van der Waals surface area contributed by atoms with E-state index in [-0.39, 0.29) is 11.9 Å². The average Bonchev–Trinajstić information content (AvgIpc) is 2.80. The number of carbonyl (C=O) groups excluding carboxylic acids is 1. The van der Waals surface area contributed by atoms with Crippen molar-refractivity contribution < 1.29 is 19.0 Å². The van der Waals surface area contributed by atoms with Crippen LogP contribution in [0.3, 0.4) is 0 Å². The van der Waals surface area contributed by atoms with E-state index in [0.717, 1.165) is 49.5 Å². The van der Waals surface area contributed by atoms with Gasteiger partial charge in [0.15, 0.2) is 0 Å². The van der Waals surface area contributed by atoms with E-state index in [9.17, 15) is 4.79 Å². The van der Waals surface area contributed by atoms with Gasteiger partial charge in [0.1, 0.15) is 11.5 Å². The van der Waals surface area contributed by atoms with Crippen molar-refractivity contribution in [2.75, 3.05) is 34.4 Å². The van der Waals surface area contributed by atoms with Gasteiger partial charge in [-0.15, -0.1) is 11.6 Å². The highest BCUT2D eigenvalue weighted by molar-refractivity contribution is 6.17. The number of esters is 1. The van der Waals surface area contributed by atoms with Crippen LogP contribution in [0, 0.1) is 5.92 Å². The Labute approximate surface area is 178 Å². The van der Waals surface area contributed by atoms with Crippen molar-refractivity contribution in [3.05, 3.63) is 59.7 Å². The Morgan fingerprint density at radius 1 is 0.897 bits per heavy atom. The lowest BCUT2D eigenvalue weighted by Crippen LogP contribution is -2.36. The number of likely N-dealkylation sites (tertiary alicyclic amines) is 1. The van der Waals surface area contributed by atoms with Gasteiger partial charge in [-0.05, 0) is 61.3 Å². The van der Waals surface area contributed by atoms with E-state index >= 15 is 0 Å². The van der Waals surface area contributed by atoms with Gasteiger partial charge in [0.25, 0.3) is 0 Å². The molecule has 0 aromatic heterocycles. The van der Waals surface area contributed by atoms with Crippen LogP contribution in [-0.2, 0) is 22.0 Å². The minimum atomic E-state index is -0.0657. The molecule has 1 saturated heterocycles. The highest BCUT2D eigenvalue weighted by Gasteiger charge is 2.25. The first-order chi connectivity index (χ1) is 14.1. The molecule has 1 heterocycles. The van der Waals surface area contributed by atoms with Crippen molar-refractivity contribution in [1.29, 1.82) is 0 Å². The number of ether oxygens (including phenoxy) is 3.